The van der Waals surface area contributed by atoms with Crippen molar-refractivity contribution in [3.05, 3.63) is 33.9 Å². The Morgan fingerprint density at radius 2 is 2.06 bits per heavy atom. The van der Waals surface area contributed by atoms with Crippen LogP contribution in [0.15, 0.2) is 11.6 Å². The number of rotatable bonds is 6. The van der Waals surface area contributed by atoms with E-state index in [0.717, 1.165) is 5.57 Å². The molecule has 1 unspecified atom stereocenters. The van der Waals surface area contributed by atoms with Gasteiger partial charge in [0.25, 0.3) is 0 Å². The summed E-state index contributed by atoms with van der Waals surface area (Å²) in [6.45, 7) is 5.96. The van der Waals surface area contributed by atoms with E-state index in [2.05, 4.69) is 5.32 Å². The number of carbonyl (C=O) groups excluding carboxylic acids is 2. The first kappa shape index (κ1) is 25.5. The van der Waals surface area contributed by atoms with Crippen molar-refractivity contribution >= 4 is 23.5 Å². The number of carboxylic acid groups (broad SMARTS) is 1. The molecule has 1 amide bonds. The molecular weight excluding hydrogens is 457 g/mol. The molecule has 1 aromatic rings. The van der Waals surface area contributed by atoms with Crippen LogP contribution in [0.5, 0.6) is 5.75 Å². The van der Waals surface area contributed by atoms with Crippen molar-refractivity contribution in [2.24, 2.45) is 11.3 Å². The first-order valence-corrected chi connectivity index (χ1v) is 10.7. The predicted molar refractivity (Wildman–Crippen MR) is 116 cm³/mol. The highest BCUT2D eigenvalue weighted by molar-refractivity contribution is 6.07. The van der Waals surface area contributed by atoms with Crippen molar-refractivity contribution in [1.82, 2.24) is 5.32 Å². The van der Waals surface area contributed by atoms with Crippen LogP contribution >= 0.6 is 0 Å². The molecule has 0 spiro atoms. The number of alkyl halides is 3. The molecule has 34 heavy (non-hydrogen) atoms. The number of cyclic esters (lactones) is 1. The molecule has 11 heteroatoms. The van der Waals surface area contributed by atoms with Gasteiger partial charge in [0.15, 0.2) is 0 Å². The zero-order valence-electron chi connectivity index (χ0n) is 19.3. The molecule has 2 heterocycles. The summed E-state index contributed by atoms with van der Waals surface area (Å²) < 4.78 is 49.8. The van der Waals surface area contributed by atoms with Gasteiger partial charge < -0.3 is 25.2 Å². The van der Waals surface area contributed by atoms with Gasteiger partial charge in [-0.15, -0.1) is 0 Å². The lowest BCUT2D eigenvalue weighted by atomic mass is 9.69. The zero-order chi connectivity index (χ0) is 25.4. The van der Waals surface area contributed by atoms with E-state index in [0.29, 0.717) is 30.6 Å². The van der Waals surface area contributed by atoms with E-state index < -0.39 is 35.4 Å². The summed E-state index contributed by atoms with van der Waals surface area (Å²) in [6, 6.07) is 0. The summed E-state index contributed by atoms with van der Waals surface area (Å²) >= 11 is 0. The predicted octanol–water partition coefficient (Wildman–Crippen LogP) is 3.36. The third kappa shape index (κ3) is 4.48. The Balaban J connectivity index is 2.16. The minimum atomic E-state index is -5.17. The summed E-state index contributed by atoms with van der Waals surface area (Å²) in [7, 11) is 1.35. The molecule has 1 saturated heterocycles. The summed E-state index contributed by atoms with van der Waals surface area (Å²) in [5.41, 5.74) is 0.703. The lowest BCUT2D eigenvalue weighted by molar-refractivity contribution is -0.167. The van der Waals surface area contributed by atoms with Crippen molar-refractivity contribution in [2.45, 2.75) is 46.4 Å². The Morgan fingerprint density at radius 1 is 1.38 bits per heavy atom. The van der Waals surface area contributed by atoms with Crippen LogP contribution in [-0.2, 0) is 27.4 Å². The number of allylic oxidation sites excluding steroid dienone is 1. The average Bonchev–Trinajstić information content (AvgIpc) is 3.15. The summed E-state index contributed by atoms with van der Waals surface area (Å²) in [4.78, 5) is 36.0. The minimum absolute atomic E-state index is 0.00923. The second-order valence-corrected chi connectivity index (χ2v) is 8.73. The number of carbonyl (C=O) groups is 3. The molecule has 186 valence electrons. The smallest absolute Gasteiger partial charge is 0.471 e. The number of benzene rings is 1. The molecule has 0 saturated carbocycles. The summed E-state index contributed by atoms with van der Waals surface area (Å²) in [5, 5.41) is 14.6. The topological polar surface area (TPSA) is 114 Å². The molecule has 2 atom stereocenters. The van der Waals surface area contributed by atoms with E-state index in [1.807, 2.05) is 12.2 Å². The van der Waals surface area contributed by atoms with Crippen molar-refractivity contribution in [1.29, 1.82) is 0 Å². The zero-order valence-corrected chi connectivity index (χ0v) is 19.3. The number of halogens is 3. The third-order valence-corrected chi connectivity index (χ3v) is 6.85. The number of amides is 1. The van der Waals surface area contributed by atoms with Gasteiger partial charge in [0.2, 0.25) is 0 Å². The fourth-order valence-electron chi connectivity index (χ4n) is 4.61. The van der Waals surface area contributed by atoms with Crippen LogP contribution in [0.2, 0.25) is 0 Å². The first-order valence-electron chi connectivity index (χ1n) is 10.7. The molecule has 2 aliphatic heterocycles. The second-order valence-electron chi connectivity index (χ2n) is 8.73. The normalized spacial score (nSPS) is 22.2. The van der Waals surface area contributed by atoms with E-state index in [9.17, 15) is 32.7 Å². The summed E-state index contributed by atoms with van der Waals surface area (Å²) in [6.07, 6.45) is -2.87. The molecule has 0 bridgehead atoms. The summed E-state index contributed by atoms with van der Waals surface area (Å²) in [5.74, 6) is -4.52. The highest BCUT2D eigenvalue weighted by atomic mass is 19.4. The number of fused-ring (bicyclic) bond motifs is 1. The van der Waals surface area contributed by atoms with Crippen LogP contribution in [0, 0.1) is 18.3 Å². The van der Waals surface area contributed by atoms with E-state index in [4.69, 9.17) is 9.47 Å². The van der Waals surface area contributed by atoms with E-state index >= 15 is 0 Å². The van der Waals surface area contributed by atoms with E-state index in [-0.39, 0.29) is 35.6 Å². The third-order valence-electron chi connectivity index (χ3n) is 6.85. The Labute approximate surface area is 194 Å². The number of nitrogens with one attached hydrogen (secondary N) is 2. The van der Waals surface area contributed by atoms with Gasteiger partial charge in [-0.3, -0.25) is 9.59 Å². The van der Waals surface area contributed by atoms with Gasteiger partial charge in [0, 0.05) is 23.1 Å². The standard InChI is InChI=1S/C23H27F3N2O6/c1-11-15-9-34-20(31)16(15)17(28-21(32)23(24,25)26)14(18(11)33-4)6-5-13-7-8-27-10-22(13,3)12(2)19(29)30/h5,12,27H,6-10H2,1-4H3,(H,28,32)(H,29,30)/b13-5+/t12?,22-/m0/s1. The fraction of sp³-hybridized carbons (Fsp3) is 0.522. The molecule has 3 N–H and O–H groups in total. The molecule has 0 aromatic heterocycles. The van der Waals surface area contributed by atoms with Gasteiger partial charge in [-0.05, 0) is 31.9 Å². The number of hydrogen-bond acceptors (Lipinski definition) is 6. The fourth-order valence-corrected chi connectivity index (χ4v) is 4.61. The Hall–Kier alpha value is -3.08. The number of carboxylic acids is 1. The van der Waals surface area contributed by atoms with Crippen molar-refractivity contribution in [3.8, 4) is 5.75 Å². The van der Waals surface area contributed by atoms with Crippen LogP contribution in [-0.4, -0.2) is 49.3 Å². The van der Waals surface area contributed by atoms with Crippen LogP contribution in [0.25, 0.3) is 0 Å². The number of anilines is 1. The van der Waals surface area contributed by atoms with Gasteiger partial charge in [-0.25, -0.2) is 4.79 Å². The monoisotopic (exact) mass is 484 g/mol. The molecule has 1 fully saturated rings. The van der Waals surface area contributed by atoms with E-state index in [1.54, 1.807) is 19.9 Å². The van der Waals surface area contributed by atoms with Crippen molar-refractivity contribution in [2.75, 3.05) is 25.5 Å². The molecule has 0 aliphatic carbocycles. The Bertz CT molecular complexity index is 1070. The van der Waals surface area contributed by atoms with E-state index in [1.165, 1.54) is 7.11 Å². The van der Waals surface area contributed by atoms with Crippen LogP contribution in [0.1, 0.15) is 47.3 Å². The molecule has 2 aliphatic rings. The van der Waals surface area contributed by atoms with Gasteiger partial charge >= 0.3 is 24.0 Å². The molecule has 3 rings (SSSR count). The van der Waals surface area contributed by atoms with Gasteiger partial charge in [0.1, 0.15) is 12.4 Å². The Kier molecular flexibility index (Phi) is 6.97. The van der Waals surface area contributed by atoms with Gasteiger partial charge in [-0.1, -0.05) is 25.5 Å². The second kappa shape index (κ2) is 9.28. The quantitative estimate of drug-likeness (QED) is 0.419. The van der Waals surface area contributed by atoms with Crippen LogP contribution in [0.3, 0.4) is 0 Å². The number of piperidine rings is 1. The van der Waals surface area contributed by atoms with Gasteiger partial charge in [0.05, 0.1) is 24.3 Å². The minimum Gasteiger partial charge on any atom is -0.496 e. The number of ether oxygens (including phenoxy) is 2. The first-order chi connectivity index (χ1) is 15.8. The average molecular weight is 484 g/mol. The number of hydrogen-bond donors (Lipinski definition) is 3. The lowest BCUT2D eigenvalue weighted by Crippen LogP contribution is -2.46. The largest absolute Gasteiger partial charge is 0.496 e. The lowest BCUT2D eigenvalue weighted by Gasteiger charge is -2.40. The highest BCUT2D eigenvalue weighted by Crippen LogP contribution is 2.44. The number of aliphatic carboxylic acids is 1. The molecular formula is C23H27F3N2O6. The maximum atomic E-state index is 13.1. The van der Waals surface area contributed by atoms with Crippen molar-refractivity contribution < 1.29 is 42.1 Å². The van der Waals surface area contributed by atoms with Crippen molar-refractivity contribution in [3.63, 3.8) is 0 Å². The maximum absolute atomic E-state index is 13.1. The highest BCUT2D eigenvalue weighted by Gasteiger charge is 2.42. The van der Waals surface area contributed by atoms with Gasteiger partial charge in [-0.2, -0.15) is 13.2 Å². The molecule has 1 aromatic carbocycles. The van der Waals surface area contributed by atoms with Crippen LogP contribution in [0.4, 0.5) is 18.9 Å². The molecule has 8 nitrogen and oxygen atoms in total. The van der Waals surface area contributed by atoms with Crippen LogP contribution < -0.4 is 15.4 Å². The maximum Gasteiger partial charge on any atom is 0.471 e. The Morgan fingerprint density at radius 3 is 2.65 bits per heavy atom. The number of esters is 1. The molecule has 0 radical (unpaired) electrons. The SMILES string of the molecule is COc1c(C)c2c(c(NC(=O)C(F)(F)F)c1C/C=C1\CCNC[C@@]1(C)C(C)C(=O)O)C(=O)OC2. The number of methoxy groups -OCH3 is 1.